The van der Waals surface area contributed by atoms with Crippen molar-refractivity contribution in [2.75, 3.05) is 38.2 Å². The van der Waals surface area contributed by atoms with Gasteiger partial charge in [0.05, 0.1) is 7.11 Å². The van der Waals surface area contributed by atoms with Crippen molar-refractivity contribution in [2.24, 2.45) is 4.99 Å². The van der Waals surface area contributed by atoms with Crippen molar-refractivity contribution in [2.45, 2.75) is 0 Å². The molecule has 0 bridgehead atoms. The lowest BCUT2D eigenvalue weighted by Crippen LogP contribution is -2.53. The van der Waals surface area contributed by atoms with E-state index in [4.69, 9.17) is 9.73 Å². The number of para-hydroxylation sites is 3. The van der Waals surface area contributed by atoms with Gasteiger partial charge in [0.15, 0.2) is 0 Å². The van der Waals surface area contributed by atoms with Gasteiger partial charge in [0.2, 0.25) is 5.96 Å². The highest BCUT2D eigenvalue weighted by atomic mass is 16.5. The number of aliphatic imine (C=N–C) groups is 1. The van der Waals surface area contributed by atoms with Gasteiger partial charge in [-0.1, -0.05) is 48.5 Å². The number of carbonyl (C=O) groups is 1. The number of nitrogens with zero attached hydrogens (tertiary/aromatic N) is 3. The van der Waals surface area contributed by atoms with Crippen molar-refractivity contribution in [3.8, 4) is 5.75 Å². The van der Waals surface area contributed by atoms with E-state index >= 15 is 0 Å². The number of hydrogen-bond acceptors (Lipinski definition) is 4. The average molecular weight is 415 g/mol. The first-order valence-electron chi connectivity index (χ1n) is 10.4. The topological polar surface area (TPSA) is 57.2 Å². The Morgan fingerprint density at radius 1 is 0.839 bits per heavy atom. The fourth-order valence-electron chi connectivity index (χ4n) is 3.59. The van der Waals surface area contributed by atoms with Crippen LogP contribution in [0.15, 0.2) is 89.9 Å². The molecule has 0 unspecified atom stereocenters. The van der Waals surface area contributed by atoms with E-state index in [0.717, 1.165) is 26.2 Å². The summed E-state index contributed by atoms with van der Waals surface area (Å²) in [4.78, 5) is 22.1. The van der Waals surface area contributed by atoms with Crippen LogP contribution in [0, 0.1) is 0 Å². The van der Waals surface area contributed by atoms with Crippen molar-refractivity contribution >= 4 is 23.2 Å². The van der Waals surface area contributed by atoms with E-state index in [1.165, 1.54) is 5.69 Å². The average Bonchev–Trinajstić information content (AvgIpc) is 2.85. The maximum atomic E-state index is 12.9. The summed E-state index contributed by atoms with van der Waals surface area (Å²) in [5, 5.41) is 3.02. The molecule has 1 N–H and O–H groups in total. The summed E-state index contributed by atoms with van der Waals surface area (Å²) < 4.78 is 5.45. The molecule has 0 aromatic heterocycles. The summed E-state index contributed by atoms with van der Waals surface area (Å²) in [7, 11) is 1.62. The van der Waals surface area contributed by atoms with Gasteiger partial charge in [0, 0.05) is 37.4 Å². The zero-order valence-electron chi connectivity index (χ0n) is 17.6. The van der Waals surface area contributed by atoms with Crippen LogP contribution < -0.4 is 15.0 Å². The van der Waals surface area contributed by atoms with Gasteiger partial charge in [-0.3, -0.25) is 10.1 Å². The molecule has 0 aliphatic carbocycles. The fraction of sp³-hybridized carbons (Fsp3) is 0.200. The lowest BCUT2D eigenvalue weighted by Gasteiger charge is -2.37. The number of methoxy groups -OCH3 is 1. The standard InChI is InChI=1S/C25H26N4O2/c1-31-23-15-9-8-14-22(23)26-25(27-24(30)20-10-4-2-5-11-20)29-18-16-28(17-19-29)21-12-6-3-7-13-21/h2-15H,16-19H2,1H3,(H,26,27,30). The van der Waals surface area contributed by atoms with Crippen molar-refractivity contribution in [3.63, 3.8) is 0 Å². The Kier molecular flexibility index (Phi) is 6.47. The molecule has 6 heteroatoms. The van der Waals surface area contributed by atoms with Crippen LogP contribution in [0.3, 0.4) is 0 Å². The fourth-order valence-corrected chi connectivity index (χ4v) is 3.59. The minimum Gasteiger partial charge on any atom is -0.494 e. The lowest BCUT2D eigenvalue weighted by molar-refractivity contribution is 0.0971. The van der Waals surface area contributed by atoms with Gasteiger partial charge in [0.25, 0.3) is 5.91 Å². The molecular weight excluding hydrogens is 388 g/mol. The smallest absolute Gasteiger partial charge is 0.257 e. The monoisotopic (exact) mass is 414 g/mol. The number of piperazine rings is 1. The molecule has 1 fully saturated rings. The minimum atomic E-state index is -0.181. The van der Waals surface area contributed by atoms with Crippen molar-refractivity contribution < 1.29 is 9.53 Å². The number of nitrogens with one attached hydrogen (secondary N) is 1. The van der Waals surface area contributed by atoms with Crippen molar-refractivity contribution in [3.05, 3.63) is 90.5 Å². The highest BCUT2D eigenvalue weighted by Crippen LogP contribution is 2.27. The number of guanidine groups is 1. The number of rotatable bonds is 4. The highest BCUT2D eigenvalue weighted by Gasteiger charge is 2.22. The first-order chi connectivity index (χ1) is 15.2. The number of amides is 1. The van der Waals surface area contributed by atoms with Crippen LogP contribution in [0.5, 0.6) is 5.75 Å². The molecule has 6 nitrogen and oxygen atoms in total. The van der Waals surface area contributed by atoms with Crippen molar-refractivity contribution in [1.82, 2.24) is 10.2 Å². The second-order valence-electron chi connectivity index (χ2n) is 7.24. The molecule has 0 atom stereocenters. The van der Waals surface area contributed by atoms with E-state index in [0.29, 0.717) is 23.0 Å². The Hall–Kier alpha value is -3.80. The predicted molar refractivity (Wildman–Crippen MR) is 124 cm³/mol. The second kappa shape index (κ2) is 9.80. The first-order valence-corrected chi connectivity index (χ1v) is 10.4. The van der Waals surface area contributed by atoms with Gasteiger partial charge in [-0.2, -0.15) is 0 Å². The molecule has 3 aromatic rings. The molecule has 0 saturated carbocycles. The quantitative estimate of drug-likeness (QED) is 0.519. The van der Waals surface area contributed by atoms with E-state index in [1.54, 1.807) is 19.2 Å². The van der Waals surface area contributed by atoms with Gasteiger partial charge in [0.1, 0.15) is 11.4 Å². The summed E-state index contributed by atoms with van der Waals surface area (Å²) in [5.74, 6) is 1.02. The Balaban J connectivity index is 1.57. The first kappa shape index (κ1) is 20.5. The number of ether oxygens (including phenoxy) is 1. The second-order valence-corrected chi connectivity index (χ2v) is 7.24. The third kappa shape index (κ3) is 5.04. The Morgan fingerprint density at radius 3 is 2.13 bits per heavy atom. The molecule has 0 spiro atoms. The largest absolute Gasteiger partial charge is 0.494 e. The lowest BCUT2D eigenvalue weighted by atomic mass is 10.2. The number of carbonyl (C=O) groups excluding carboxylic acids is 1. The summed E-state index contributed by atoms with van der Waals surface area (Å²) in [5.41, 5.74) is 2.48. The molecule has 4 rings (SSSR count). The highest BCUT2D eigenvalue weighted by molar-refractivity contribution is 6.06. The van der Waals surface area contributed by atoms with Crippen LogP contribution in [0.25, 0.3) is 0 Å². The SMILES string of the molecule is COc1ccccc1N=C(NC(=O)c1ccccc1)N1CCN(c2ccccc2)CC1. The van der Waals surface area contributed by atoms with Crippen molar-refractivity contribution in [1.29, 1.82) is 0 Å². The number of benzene rings is 3. The number of hydrogen-bond donors (Lipinski definition) is 1. The van der Waals surface area contributed by atoms with Gasteiger partial charge in [-0.15, -0.1) is 0 Å². The van der Waals surface area contributed by atoms with Gasteiger partial charge in [-0.05, 0) is 36.4 Å². The summed E-state index contributed by atoms with van der Waals surface area (Å²) in [6.07, 6.45) is 0. The molecule has 31 heavy (non-hydrogen) atoms. The molecule has 1 aliphatic rings. The molecular formula is C25H26N4O2. The molecule has 1 saturated heterocycles. The summed E-state index contributed by atoms with van der Waals surface area (Å²) in [6.45, 7) is 3.18. The van der Waals surface area contributed by atoms with Gasteiger partial charge in [-0.25, -0.2) is 4.99 Å². The van der Waals surface area contributed by atoms with Crippen LogP contribution in [0.2, 0.25) is 0 Å². The minimum absolute atomic E-state index is 0.181. The van der Waals surface area contributed by atoms with Gasteiger partial charge >= 0.3 is 0 Å². The van der Waals surface area contributed by atoms with E-state index in [2.05, 4.69) is 39.4 Å². The molecule has 1 aliphatic heterocycles. The Morgan fingerprint density at radius 2 is 1.45 bits per heavy atom. The molecule has 158 valence electrons. The maximum Gasteiger partial charge on any atom is 0.257 e. The molecule has 1 amide bonds. The molecule has 1 heterocycles. The van der Waals surface area contributed by atoms with Crippen LogP contribution in [-0.2, 0) is 0 Å². The normalized spacial score (nSPS) is 14.3. The van der Waals surface area contributed by atoms with E-state index in [1.807, 2.05) is 48.5 Å². The van der Waals surface area contributed by atoms with E-state index in [9.17, 15) is 4.79 Å². The maximum absolute atomic E-state index is 12.9. The van der Waals surface area contributed by atoms with Crippen LogP contribution in [0.4, 0.5) is 11.4 Å². The van der Waals surface area contributed by atoms with Crippen LogP contribution in [0.1, 0.15) is 10.4 Å². The molecule has 0 radical (unpaired) electrons. The number of anilines is 1. The van der Waals surface area contributed by atoms with Gasteiger partial charge < -0.3 is 14.5 Å². The summed E-state index contributed by atoms with van der Waals surface area (Å²) >= 11 is 0. The molecule has 3 aromatic carbocycles. The van der Waals surface area contributed by atoms with E-state index < -0.39 is 0 Å². The third-order valence-corrected chi connectivity index (χ3v) is 5.27. The third-order valence-electron chi connectivity index (χ3n) is 5.27. The zero-order valence-corrected chi connectivity index (χ0v) is 17.6. The zero-order chi connectivity index (χ0) is 21.5. The van der Waals surface area contributed by atoms with E-state index in [-0.39, 0.29) is 5.91 Å². The summed E-state index contributed by atoms with van der Waals surface area (Å²) in [6, 6.07) is 27.1. The van der Waals surface area contributed by atoms with Crippen LogP contribution in [-0.4, -0.2) is 50.1 Å². The Bertz CT molecular complexity index is 1030. The van der Waals surface area contributed by atoms with Crippen LogP contribution >= 0.6 is 0 Å². The predicted octanol–water partition coefficient (Wildman–Crippen LogP) is 3.93. The Labute approximate surface area is 182 Å².